The van der Waals surface area contributed by atoms with Gasteiger partial charge in [0.2, 0.25) is 0 Å². The highest BCUT2D eigenvalue weighted by atomic mass is 79.9. The molecule has 30 heavy (non-hydrogen) atoms. The molecule has 0 aliphatic rings. The molecule has 0 atom stereocenters. The van der Waals surface area contributed by atoms with Gasteiger partial charge in [0.1, 0.15) is 11.5 Å². The lowest BCUT2D eigenvalue weighted by Crippen LogP contribution is -2.49. The molecule has 2 amide bonds. The molecule has 7 nitrogen and oxygen atoms in total. The first-order chi connectivity index (χ1) is 14.2. The van der Waals surface area contributed by atoms with Crippen LogP contribution in [-0.4, -0.2) is 30.1 Å². The second-order valence-electron chi connectivity index (χ2n) is 6.88. The fourth-order valence-corrected chi connectivity index (χ4v) is 2.87. The average molecular weight is 494 g/mol. The molecule has 9 heteroatoms. The standard InChI is InChI=1S/C21H24BrN3O4S/c1-13(2)11-28-17-7-4-15(5-8-17)20(27)23-21(30)25-24-19(26)12-29-18-9-6-16(22)10-14(18)3/h4-10,13H,11-12H2,1-3H3,(H,24,26)(H2,23,25,27,30). The van der Waals surface area contributed by atoms with Crippen molar-refractivity contribution in [3.63, 3.8) is 0 Å². The molecule has 0 saturated heterocycles. The molecule has 0 aliphatic carbocycles. The van der Waals surface area contributed by atoms with E-state index in [1.54, 1.807) is 30.3 Å². The van der Waals surface area contributed by atoms with Crippen LogP contribution in [0, 0.1) is 12.8 Å². The van der Waals surface area contributed by atoms with Crippen LogP contribution in [0.15, 0.2) is 46.9 Å². The molecule has 3 N–H and O–H groups in total. The van der Waals surface area contributed by atoms with Crippen molar-refractivity contribution in [1.82, 2.24) is 16.2 Å². The Bertz CT molecular complexity index is 904. The van der Waals surface area contributed by atoms with E-state index in [4.69, 9.17) is 21.7 Å². The number of benzene rings is 2. The second-order valence-corrected chi connectivity index (χ2v) is 8.21. The molecule has 0 unspecified atom stereocenters. The first kappa shape index (κ1) is 23.6. The maximum absolute atomic E-state index is 12.2. The summed E-state index contributed by atoms with van der Waals surface area (Å²) in [6, 6.07) is 12.2. The summed E-state index contributed by atoms with van der Waals surface area (Å²) in [7, 11) is 0. The van der Waals surface area contributed by atoms with Gasteiger partial charge in [0, 0.05) is 10.0 Å². The minimum Gasteiger partial charge on any atom is -0.493 e. The number of rotatable bonds is 7. The summed E-state index contributed by atoms with van der Waals surface area (Å²) in [4.78, 5) is 24.1. The molecule has 0 bridgehead atoms. The van der Waals surface area contributed by atoms with Crippen LogP contribution < -0.4 is 25.6 Å². The van der Waals surface area contributed by atoms with Gasteiger partial charge in [-0.3, -0.25) is 25.8 Å². The van der Waals surface area contributed by atoms with E-state index >= 15 is 0 Å². The third-order valence-electron chi connectivity index (χ3n) is 3.74. The quantitative estimate of drug-likeness (QED) is 0.404. The number of hydrazine groups is 1. The Morgan fingerprint density at radius 3 is 2.40 bits per heavy atom. The fourth-order valence-electron chi connectivity index (χ4n) is 2.25. The highest BCUT2D eigenvalue weighted by Crippen LogP contribution is 2.21. The van der Waals surface area contributed by atoms with Crippen molar-refractivity contribution < 1.29 is 19.1 Å². The average Bonchev–Trinajstić information content (AvgIpc) is 2.70. The van der Waals surface area contributed by atoms with Crippen molar-refractivity contribution in [1.29, 1.82) is 0 Å². The number of halogens is 1. The predicted octanol–water partition coefficient (Wildman–Crippen LogP) is 3.51. The molecule has 2 rings (SSSR count). The van der Waals surface area contributed by atoms with Crippen LogP contribution in [0.25, 0.3) is 0 Å². The number of amides is 2. The van der Waals surface area contributed by atoms with Gasteiger partial charge >= 0.3 is 0 Å². The van der Waals surface area contributed by atoms with Crippen LogP contribution >= 0.6 is 28.1 Å². The summed E-state index contributed by atoms with van der Waals surface area (Å²) in [5, 5.41) is 2.46. The number of ether oxygens (including phenoxy) is 2. The van der Waals surface area contributed by atoms with Gasteiger partial charge in [-0.2, -0.15) is 0 Å². The van der Waals surface area contributed by atoms with E-state index < -0.39 is 11.8 Å². The van der Waals surface area contributed by atoms with Crippen molar-refractivity contribution in [3.8, 4) is 11.5 Å². The van der Waals surface area contributed by atoms with Crippen molar-refractivity contribution in [2.75, 3.05) is 13.2 Å². The first-order valence-electron chi connectivity index (χ1n) is 9.26. The Morgan fingerprint density at radius 2 is 1.77 bits per heavy atom. The lowest BCUT2D eigenvalue weighted by Gasteiger charge is -2.13. The van der Waals surface area contributed by atoms with Crippen LogP contribution in [0.5, 0.6) is 11.5 Å². The molecule has 0 fully saturated rings. The number of nitrogens with one attached hydrogen (secondary N) is 3. The molecular formula is C21H24BrN3O4S. The van der Waals surface area contributed by atoms with Gasteiger partial charge < -0.3 is 9.47 Å². The van der Waals surface area contributed by atoms with E-state index in [0.29, 0.717) is 29.6 Å². The van der Waals surface area contributed by atoms with Crippen molar-refractivity contribution in [2.45, 2.75) is 20.8 Å². The monoisotopic (exact) mass is 493 g/mol. The summed E-state index contributed by atoms with van der Waals surface area (Å²) in [5.74, 6) is 0.856. The lowest BCUT2D eigenvalue weighted by molar-refractivity contribution is -0.123. The fraction of sp³-hybridized carbons (Fsp3) is 0.286. The van der Waals surface area contributed by atoms with Crippen molar-refractivity contribution >= 4 is 45.1 Å². The van der Waals surface area contributed by atoms with Gasteiger partial charge in [-0.15, -0.1) is 0 Å². The zero-order valence-corrected chi connectivity index (χ0v) is 19.4. The van der Waals surface area contributed by atoms with Crippen LogP contribution in [-0.2, 0) is 4.79 Å². The zero-order valence-electron chi connectivity index (χ0n) is 17.0. The van der Waals surface area contributed by atoms with E-state index in [9.17, 15) is 9.59 Å². The Morgan fingerprint density at radius 1 is 1.07 bits per heavy atom. The first-order valence-corrected chi connectivity index (χ1v) is 10.5. The minimum atomic E-state index is -0.444. The van der Waals surface area contributed by atoms with Gasteiger partial charge in [0.15, 0.2) is 11.7 Å². The summed E-state index contributed by atoms with van der Waals surface area (Å²) in [6.07, 6.45) is 0. The van der Waals surface area contributed by atoms with Crippen LogP contribution in [0.3, 0.4) is 0 Å². The van der Waals surface area contributed by atoms with E-state index in [1.165, 1.54) is 0 Å². The Hall–Kier alpha value is -2.65. The van der Waals surface area contributed by atoms with Crippen LogP contribution in [0.4, 0.5) is 0 Å². The van der Waals surface area contributed by atoms with Crippen molar-refractivity contribution in [3.05, 3.63) is 58.1 Å². The third-order valence-corrected chi connectivity index (χ3v) is 4.44. The summed E-state index contributed by atoms with van der Waals surface area (Å²) in [5.41, 5.74) is 6.16. The topological polar surface area (TPSA) is 88.7 Å². The molecule has 0 spiro atoms. The highest BCUT2D eigenvalue weighted by Gasteiger charge is 2.10. The number of thiocarbonyl (C=S) groups is 1. The SMILES string of the molecule is Cc1cc(Br)ccc1OCC(=O)NNC(=S)NC(=O)c1ccc(OCC(C)C)cc1. The molecule has 2 aromatic carbocycles. The molecular weight excluding hydrogens is 470 g/mol. The number of aryl methyl sites for hydroxylation is 1. The molecule has 0 radical (unpaired) electrons. The zero-order chi connectivity index (χ0) is 22.1. The van der Waals surface area contributed by atoms with Crippen LogP contribution in [0.2, 0.25) is 0 Å². The Balaban J connectivity index is 1.74. The number of hydrogen-bond acceptors (Lipinski definition) is 5. The maximum Gasteiger partial charge on any atom is 0.276 e. The van der Waals surface area contributed by atoms with Crippen molar-refractivity contribution in [2.24, 2.45) is 5.92 Å². The van der Waals surface area contributed by atoms with E-state index in [2.05, 4.69) is 45.9 Å². The number of carbonyl (C=O) groups is 2. The highest BCUT2D eigenvalue weighted by molar-refractivity contribution is 9.10. The largest absolute Gasteiger partial charge is 0.493 e. The van der Waals surface area contributed by atoms with E-state index in [1.807, 2.05) is 19.1 Å². The predicted molar refractivity (Wildman–Crippen MR) is 122 cm³/mol. The van der Waals surface area contributed by atoms with Crippen LogP contribution in [0.1, 0.15) is 29.8 Å². The normalized spacial score (nSPS) is 10.3. The minimum absolute atomic E-state index is 0.0340. The van der Waals surface area contributed by atoms with Gasteiger partial charge in [0.05, 0.1) is 6.61 Å². The Kier molecular flexibility index (Phi) is 9.07. The number of hydrogen-bond donors (Lipinski definition) is 3. The molecule has 0 aliphatic heterocycles. The third kappa shape index (κ3) is 8.00. The van der Waals surface area contributed by atoms with Gasteiger partial charge in [-0.1, -0.05) is 29.8 Å². The smallest absolute Gasteiger partial charge is 0.276 e. The van der Waals surface area contributed by atoms with Gasteiger partial charge in [0.25, 0.3) is 11.8 Å². The maximum atomic E-state index is 12.2. The summed E-state index contributed by atoms with van der Waals surface area (Å²) >= 11 is 8.40. The van der Waals surface area contributed by atoms with E-state index in [0.717, 1.165) is 10.0 Å². The molecule has 0 saturated carbocycles. The Labute approximate surface area is 189 Å². The molecule has 2 aromatic rings. The van der Waals surface area contributed by atoms with Gasteiger partial charge in [-0.05, 0) is 73.1 Å². The second kappa shape index (κ2) is 11.5. The number of carbonyl (C=O) groups excluding carboxylic acids is 2. The lowest BCUT2D eigenvalue weighted by atomic mass is 10.2. The molecule has 0 aromatic heterocycles. The van der Waals surface area contributed by atoms with E-state index in [-0.39, 0.29) is 11.7 Å². The summed E-state index contributed by atoms with van der Waals surface area (Å²) < 4.78 is 12.0. The molecule has 160 valence electrons. The summed E-state index contributed by atoms with van der Waals surface area (Å²) in [6.45, 7) is 6.39. The molecule has 0 heterocycles. The van der Waals surface area contributed by atoms with Gasteiger partial charge in [-0.25, -0.2) is 0 Å².